The molecule has 0 heterocycles. The maximum Gasteiger partial charge on any atom is 0.330 e. The first-order chi connectivity index (χ1) is 11.6. The van der Waals surface area contributed by atoms with Gasteiger partial charge in [0.25, 0.3) is 0 Å². The number of hydrogen-bond acceptors (Lipinski definition) is 5. The molecule has 0 fully saturated rings. The molecule has 0 aliphatic rings. The molecule has 0 bridgehead atoms. The Balaban J connectivity index is 2.14. The maximum absolute atomic E-state index is 11.2. The zero-order valence-corrected chi connectivity index (χ0v) is 14.0. The summed E-state index contributed by atoms with van der Waals surface area (Å²) in [4.78, 5) is 11.4. The van der Waals surface area contributed by atoms with Crippen LogP contribution in [0.1, 0.15) is 6.92 Å². The van der Waals surface area contributed by atoms with Crippen LogP contribution in [-0.4, -0.2) is 27.9 Å². The van der Waals surface area contributed by atoms with Crippen molar-refractivity contribution in [1.82, 2.24) is 0 Å². The quantitative estimate of drug-likeness (QED) is 0.334. The number of hydrogen-bond donors (Lipinski definition) is 0. The second-order valence-electron chi connectivity index (χ2n) is 4.77. The zero-order chi connectivity index (χ0) is 17.4. The van der Waals surface area contributed by atoms with Crippen LogP contribution < -0.4 is 4.74 Å². The fourth-order valence-corrected chi connectivity index (χ4v) is 2.45. The lowest BCUT2D eigenvalue weighted by atomic mass is 10.0. The normalized spacial score (nSPS) is 12.1. The van der Waals surface area contributed by atoms with Crippen LogP contribution in [0.4, 0.5) is 0 Å². The van der Waals surface area contributed by atoms with Crippen LogP contribution in [0.2, 0.25) is 0 Å². The van der Waals surface area contributed by atoms with Crippen molar-refractivity contribution >= 4 is 17.0 Å². The monoisotopic (exact) mass is 345 g/mol. The number of carbonyl (C=O) groups is 1. The van der Waals surface area contributed by atoms with E-state index < -0.39 is 17.0 Å². The van der Waals surface area contributed by atoms with Crippen molar-refractivity contribution in [3.63, 3.8) is 0 Å². The summed E-state index contributed by atoms with van der Waals surface area (Å²) in [5.41, 5.74) is 1.50. The first-order valence-corrected chi connectivity index (χ1v) is 8.40. The number of allylic oxidation sites excluding steroid dienone is 1. The highest BCUT2D eigenvalue weighted by Crippen LogP contribution is 2.31. The van der Waals surface area contributed by atoms with Crippen LogP contribution in [0.3, 0.4) is 0 Å². The Morgan fingerprint density at radius 1 is 1.17 bits per heavy atom. The number of esters is 1. The molecule has 1 unspecified atom stereocenters. The van der Waals surface area contributed by atoms with E-state index in [0.717, 1.165) is 5.56 Å². The standard InChI is InChI=1S/C18H18O5S/c1-2-6-18(19)23-12-11-22-17-10-9-15(24(20)21)13-16(17)14-7-4-3-5-8-14/h2-10,13H,11-12H2,1H3,(H,20,21)/p-1. The predicted octanol–water partition coefficient (Wildman–Crippen LogP) is 3.09. The van der Waals surface area contributed by atoms with Crippen LogP contribution in [0.5, 0.6) is 5.75 Å². The Bertz CT molecular complexity index is 740. The van der Waals surface area contributed by atoms with Gasteiger partial charge in [-0.3, -0.25) is 4.21 Å². The maximum atomic E-state index is 11.2. The molecule has 2 aromatic carbocycles. The lowest BCUT2D eigenvalue weighted by Gasteiger charge is -2.14. The molecule has 1 atom stereocenters. The molecule has 0 aliphatic heterocycles. The predicted molar refractivity (Wildman–Crippen MR) is 90.3 cm³/mol. The summed E-state index contributed by atoms with van der Waals surface area (Å²) in [5, 5.41) is 0. The van der Waals surface area contributed by atoms with E-state index in [1.165, 1.54) is 12.1 Å². The van der Waals surface area contributed by atoms with E-state index in [1.807, 2.05) is 30.3 Å². The fourth-order valence-electron chi connectivity index (χ4n) is 2.06. The second-order valence-corrected chi connectivity index (χ2v) is 5.72. The minimum Gasteiger partial charge on any atom is -0.768 e. The van der Waals surface area contributed by atoms with Crippen molar-refractivity contribution in [3.8, 4) is 16.9 Å². The Labute approximate surface area is 143 Å². The third kappa shape index (κ3) is 5.04. The van der Waals surface area contributed by atoms with Crippen molar-refractivity contribution < 1.29 is 23.0 Å². The van der Waals surface area contributed by atoms with Gasteiger partial charge in [0.05, 0.1) is 0 Å². The Morgan fingerprint density at radius 2 is 1.92 bits per heavy atom. The van der Waals surface area contributed by atoms with Crippen LogP contribution in [0.15, 0.2) is 65.6 Å². The van der Waals surface area contributed by atoms with Crippen molar-refractivity contribution in [1.29, 1.82) is 0 Å². The molecule has 0 saturated carbocycles. The van der Waals surface area contributed by atoms with Gasteiger partial charge in [0.2, 0.25) is 0 Å². The summed E-state index contributed by atoms with van der Waals surface area (Å²) in [6.07, 6.45) is 2.92. The molecule has 126 valence electrons. The largest absolute Gasteiger partial charge is 0.768 e. The average molecular weight is 345 g/mol. The van der Waals surface area contributed by atoms with Gasteiger partial charge in [0, 0.05) is 16.5 Å². The van der Waals surface area contributed by atoms with Gasteiger partial charge in [0.15, 0.2) is 0 Å². The smallest absolute Gasteiger partial charge is 0.330 e. The van der Waals surface area contributed by atoms with Gasteiger partial charge in [-0.1, -0.05) is 36.4 Å². The van der Waals surface area contributed by atoms with Crippen LogP contribution in [0, 0.1) is 0 Å². The summed E-state index contributed by atoms with van der Waals surface area (Å²) >= 11 is -2.32. The van der Waals surface area contributed by atoms with E-state index in [1.54, 1.807) is 25.1 Å². The Kier molecular flexibility index (Phi) is 6.72. The van der Waals surface area contributed by atoms with E-state index in [2.05, 4.69) is 0 Å². The van der Waals surface area contributed by atoms with E-state index >= 15 is 0 Å². The SMILES string of the molecule is CC=CC(=O)OCCOc1ccc(S(=O)[O-])cc1-c1ccccc1. The minimum absolute atomic E-state index is 0.104. The molecule has 6 heteroatoms. The molecule has 0 radical (unpaired) electrons. The van der Waals surface area contributed by atoms with Gasteiger partial charge in [-0.05, 0) is 41.8 Å². The zero-order valence-electron chi connectivity index (χ0n) is 13.1. The number of benzene rings is 2. The average Bonchev–Trinajstić information content (AvgIpc) is 2.59. The Hall–Kier alpha value is -2.44. The molecule has 0 aromatic heterocycles. The molecule has 0 amide bonds. The van der Waals surface area contributed by atoms with Crippen molar-refractivity contribution in [2.45, 2.75) is 11.8 Å². The van der Waals surface area contributed by atoms with Crippen molar-refractivity contribution in [2.24, 2.45) is 0 Å². The van der Waals surface area contributed by atoms with E-state index in [0.29, 0.717) is 11.3 Å². The van der Waals surface area contributed by atoms with Gasteiger partial charge in [-0.2, -0.15) is 0 Å². The van der Waals surface area contributed by atoms with Gasteiger partial charge in [-0.25, -0.2) is 4.79 Å². The van der Waals surface area contributed by atoms with Gasteiger partial charge in [0.1, 0.15) is 19.0 Å². The molecule has 5 nitrogen and oxygen atoms in total. The van der Waals surface area contributed by atoms with Crippen LogP contribution in [0.25, 0.3) is 11.1 Å². The lowest BCUT2D eigenvalue weighted by Crippen LogP contribution is -2.10. The fraction of sp³-hybridized carbons (Fsp3) is 0.167. The van der Waals surface area contributed by atoms with E-state index in [9.17, 15) is 13.6 Å². The Morgan fingerprint density at radius 3 is 2.58 bits per heavy atom. The summed E-state index contributed by atoms with van der Waals surface area (Å²) in [6, 6.07) is 14.0. The molecule has 0 saturated heterocycles. The highest BCUT2D eigenvalue weighted by atomic mass is 32.2. The molecule has 0 N–H and O–H groups in total. The lowest BCUT2D eigenvalue weighted by molar-refractivity contribution is -0.138. The topological polar surface area (TPSA) is 75.7 Å². The first kappa shape index (κ1) is 17.9. The van der Waals surface area contributed by atoms with Gasteiger partial charge < -0.3 is 14.0 Å². The molecule has 2 aromatic rings. The van der Waals surface area contributed by atoms with Crippen molar-refractivity contribution in [2.75, 3.05) is 13.2 Å². The van der Waals surface area contributed by atoms with Crippen LogP contribution in [-0.2, 0) is 20.6 Å². The van der Waals surface area contributed by atoms with Crippen molar-refractivity contribution in [3.05, 3.63) is 60.7 Å². The second kappa shape index (κ2) is 9.00. The molecule has 2 rings (SSSR count). The molecule has 0 spiro atoms. The van der Waals surface area contributed by atoms with E-state index in [4.69, 9.17) is 9.47 Å². The van der Waals surface area contributed by atoms with Gasteiger partial charge in [-0.15, -0.1) is 0 Å². The number of ether oxygens (including phenoxy) is 2. The third-order valence-corrected chi connectivity index (χ3v) is 3.76. The molecular formula is C18H17O5S-. The summed E-state index contributed by atoms with van der Waals surface area (Å²) < 4.78 is 33.0. The highest BCUT2D eigenvalue weighted by molar-refractivity contribution is 7.79. The molecule has 24 heavy (non-hydrogen) atoms. The van der Waals surface area contributed by atoms with E-state index in [-0.39, 0.29) is 18.1 Å². The summed E-state index contributed by atoms with van der Waals surface area (Å²) in [7, 11) is 0. The minimum atomic E-state index is -2.32. The van der Waals surface area contributed by atoms with Crippen LogP contribution >= 0.6 is 0 Å². The molecular weight excluding hydrogens is 328 g/mol. The third-order valence-electron chi connectivity index (χ3n) is 3.12. The summed E-state index contributed by atoms with van der Waals surface area (Å²) in [6.45, 7) is 2.00. The summed E-state index contributed by atoms with van der Waals surface area (Å²) in [5.74, 6) is 0.0963. The molecule has 0 aliphatic carbocycles. The number of rotatable bonds is 7. The number of carbonyl (C=O) groups excluding carboxylic acids is 1. The van der Waals surface area contributed by atoms with Gasteiger partial charge >= 0.3 is 5.97 Å². The first-order valence-electron chi connectivity index (χ1n) is 7.33. The highest BCUT2D eigenvalue weighted by Gasteiger charge is 2.09.